The zero-order valence-electron chi connectivity index (χ0n) is 19.2. The summed E-state index contributed by atoms with van der Waals surface area (Å²) in [6.45, 7) is 4.51. The number of ether oxygens (including phenoxy) is 1. The monoisotopic (exact) mass is 486 g/mol. The number of nitrogens with one attached hydrogen (secondary N) is 2. The number of hydrogen-bond acceptors (Lipinski definition) is 7. The van der Waals surface area contributed by atoms with Crippen LogP contribution in [-0.2, 0) is 19.6 Å². The molecule has 0 saturated carbocycles. The maximum Gasteiger partial charge on any atom is 0.243 e. The minimum atomic E-state index is -3.67. The van der Waals surface area contributed by atoms with Crippen molar-refractivity contribution < 1.29 is 22.7 Å². The molecular formula is C24H30N4O5S. The number of sulfonamides is 1. The smallest absolute Gasteiger partial charge is 0.243 e. The lowest BCUT2D eigenvalue weighted by molar-refractivity contribution is -0.114. The van der Waals surface area contributed by atoms with Crippen molar-refractivity contribution in [3.63, 3.8) is 0 Å². The summed E-state index contributed by atoms with van der Waals surface area (Å²) in [6.07, 6.45) is 2.13. The number of hydrogen-bond donors (Lipinski definition) is 2. The van der Waals surface area contributed by atoms with Crippen molar-refractivity contribution in [2.75, 3.05) is 61.5 Å². The maximum absolute atomic E-state index is 13.2. The van der Waals surface area contributed by atoms with Gasteiger partial charge in [0.05, 0.1) is 41.7 Å². The number of amides is 1. The highest BCUT2D eigenvalue weighted by Crippen LogP contribution is 2.32. The molecule has 1 amide bonds. The first kappa shape index (κ1) is 24.2. The van der Waals surface area contributed by atoms with Gasteiger partial charge in [0, 0.05) is 31.7 Å². The van der Waals surface area contributed by atoms with Crippen LogP contribution in [0.1, 0.15) is 30.1 Å². The van der Waals surface area contributed by atoms with E-state index in [-0.39, 0.29) is 23.1 Å². The zero-order chi connectivity index (χ0) is 24.1. The summed E-state index contributed by atoms with van der Waals surface area (Å²) < 4.78 is 33.1. The molecule has 0 radical (unpaired) electrons. The summed E-state index contributed by atoms with van der Waals surface area (Å²) in [6, 6.07) is 11.9. The molecular weight excluding hydrogens is 456 g/mol. The molecule has 2 saturated heterocycles. The molecule has 0 aromatic heterocycles. The van der Waals surface area contributed by atoms with Gasteiger partial charge < -0.3 is 20.3 Å². The first-order valence-corrected chi connectivity index (χ1v) is 12.9. The molecule has 9 nitrogen and oxygen atoms in total. The van der Waals surface area contributed by atoms with Gasteiger partial charge in [-0.3, -0.25) is 9.59 Å². The highest BCUT2D eigenvalue weighted by atomic mass is 32.2. The standard InChI is InChI=1S/C24H30N4O5S/c1-18(29)20-6-2-3-7-21(20)26-24(30)17-25-22-16-19(8-9-23(22)27-10-4-5-11-27)34(31,32)28-12-14-33-15-13-28/h2-3,6-9,16,25H,4-5,10-15,17H2,1H3,(H,26,30). The van der Waals surface area contributed by atoms with Gasteiger partial charge in [0.25, 0.3) is 0 Å². The van der Waals surface area contributed by atoms with Crippen molar-refractivity contribution in [1.29, 1.82) is 0 Å². The van der Waals surface area contributed by atoms with Crippen LogP contribution in [0.4, 0.5) is 17.1 Å². The van der Waals surface area contributed by atoms with Crippen molar-refractivity contribution in [2.45, 2.75) is 24.7 Å². The van der Waals surface area contributed by atoms with Crippen LogP contribution in [0, 0.1) is 0 Å². The molecule has 2 aliphatic rings. The number of para-hydroxylation sites is 1. The van der Waals surface area contributed by atoms with E-state index < -0.39 is 10.0 Å². The highest BCUT2D eigenvalue weighted by Gasteiger charge is 2.28. The van der Waals surface area contributed by atoms with Crippen LogP contribution in [0.2, 0.25) is 0 Å². The summed E-state index contributed by atoms with van der Waals surface area (Å²) in [7, 11) is -3.67. The topological polar surface area (TPSA) is 108 Å². The van der Waals surface area contributed by atoms with E-state index in [1.54, 1.807) is 36.4 Å². The number of anilines is 3. The SMILES string of the molecule is CC(=O)c1ccccc1NC(=O)CNc1cc(S(=O)(=O)N2CCOCC2)ccc1N1CCCC1. The Morgan fingerprint density at radius 3 is 2.38 bits per heavy atom. The fourth-order valence-electron chi connectivity index (χ4n) is 4.26. The first-order chi connectivity index (χ1) is 16.4. The fraction of sp³-hybridized carbons (Fsp3) is 0.417. The molecule has 2 aromatic rings. The number of rotatable bonds is 8. The molecule has 0 unspecified atom stereocenters. The Hall–Kier alpha value is -2.95. The zero-order valence-corrected chi connectivity index (χ0v) is 20.1. The molecule has 10 heteroatoms. The van der Waals surface area contributed by atoms with Gasteiger partial charge >= 0.3 is 0 Å². The van der Waals surface area contributed by atoms with Gasteiger partial charge in [-0.2, -0.15) is 4.31 Å². The van der Waals surface area contributed by atoms with E-state index in [0.717, 1.165) is 31.6 Å². The fourth-order valence-corrected chi connectivity index (χ4v) is 5.69. The molecule has 34 heavy (non-hydrogen) atoms. The van der Waals surface area contributed by atoms with E-state index in [0.29, 0.717) is 43.2 Å². The van der Waals surface area contributed by atoms with Crippen LogP contribution in [0.5, 0.6) is 0 Å². The minimum absolute atomic E-state index is 0.0753. The Labute approximate surface area is 200 Å². The van der Waals surface area contributed by atoms with E-state index in [9.17, 15) is 18.0 Å². The number of ketones is 1. The van der Waals surface area contributed by atoms with E-state index in [4.69, 9.17) is 4.74 Å². The number of morpholine rings is 1. The predicted octanol–water partition coefficient (Wildman–Crippen LogP) is 2.56. The van der Waals surface area contributed by atoms with Gasteiger partial charge in [0.2, 0.25) is 15.9 Å². The molecule has 0 atom stereocenters. The van der Waals surface area contributed by atoms with E-state index in [2.05, 4.69) is 15.5 Å². The second-order valence-corrected chi connectivity index (χ2v) is 10.3. The van der Waals surface area contributed by atoms with Crippen molar-refractivity contribution in [2.24, 2.45) is 0 Å². The second-order valence-electron chi connectivity index (χ2n) is 8.39. The summed E-state index contributed by atoms with van der Waals surface area (Å²) in [5.41, 5.74) is 2.35. The maximum atomic E-state index is 13.2. The number of Topliss-reactive ketones (excluding diaryl/α,β-unsaturated/α-hetero) is 1. The van der Waals surface area contributed by atoms with E-state index >= 15 is 0 Å². The normalized spacial score (nSPS) is 16.9. The van der Waals surface area contributed by atoms with Crippen LogP contribution in [-0.4, -0.2) is 70.4 Å². The number of nitrogens with zero attached hydrogens (tertiary/aromatic N) is 2. The minimum Gasteiger partial charge on any atom is -0.379 e. The number of carbonyl (C=O) groups is 2. The third-order valence-electron chi connectivity index (χ3n) is 6.04. The van der Waals surface area contributed by atoms with Gasteiger partial charge in [0.15, 0.2) is 5.78 Å². The lowest BCUT2D eigenvalue weighted by atomic mass is 10.1. The third-order valence-corrected chi connectivity index (χ3v) is 7.94. The molecule has 0 spiro atoms. The molecule has 4 rings (SSSR count). The van der Waals surface area contributed by atoms with Gasteiger partial charge in [-0.15, -0.1) is 0 Å². The van der Waals surface area contributed by atoms with Gasteiger partial charge in [-0.05, 0) is 50.1 Å². The Balaban J connectivity index is 1.55. The quantitative estimate of drug-likeness (QED) is 0.552. The first-order valence-electron chi connectivity index (χ1n) is 11.5. The van der Waals surface area contributed by atoms with Crippen molar-refractivity contribution in [3.8, 4) is 0 Å². The lowest BCUT2D eigenvalue weighted by Crippen LogP contribution is -2.40. The van der Waals surface area contributed by atoms with E-state index in [1.807, 2.05) is 6.07 Å². The van der Waals surface area contributed by atoms with Crippen molar-refractivity contribution in [1.82, 2.24) is 4.31 Å². The third kappa shape index (κ3) is 5.40. The molecule has 2 aromatic carbocycles. The second kappa shape index (κ2) is 10.5. The Kier molecular flexibility index (Phi) is 7.50. The molecule has 0 bridgehead atoms. The van der Waals surface area contributed by atoms with Gasteiger partial charge in [-0.1, -0.05) is 12.1 Å². The lowest BCUT2D eigenvalue weighted by Gasteiger charge is -2.27. The summed E-state index contributed by atoms with van der Waals surface area (Å²) in [5.74, 6) is -0.469. The van der Waals surface area contributed by atoms with Gasteiger partial charge in [-0.25, -0.2) is 8.42 Å². The van der Waals surface area contributed by atoms with Crippen LogP contribution < -0.4 is 15.5 Å². The van der Waals surface area contributed by atoms with E-state index in [1.165, 1.54) is 11.2 Å². The van der Waals surface area contributed by atoms with Crippen LogP contribution in [0.3, 0.4) is 0 Å². The Morgan fingerprint density at radius 1 is 0.971 bits per heavy atom. The van der Waals surface area contributed by atoms with Crippen molar-refractivity contribution >= 4 is 38.8 Å². The molecule has 2 heterocycles. The molecule has 0 aliphatic carbocycles. The molecule has 2 aliphatic heterocycles. The van der Waals surface area contributed by atoms with Crippen molar-refractivity contribution in [3.05, 3.63) is 48.0 Å². The summed E-state index contributed by atoms with van der Waals surface area (Å²) in [5, 5.41) is 5.90. The van der Waals surface area contributed by atoms with Gasteiger partial charge in [0.1, 0.15) is 0 Å². The van der Waals surface area contributed by atoms with Crippen LogP contribution in [0.15, 0.2) is 47.4 Å². The predicted molar refractivity (Wildman–Crippen MR) is 131 cm³/mol. The Bertz CT molecular complexity index is 1160. The largest absolute Gasteiger partial charge is 0.379 e. The number of carbonyl (C=O) groups excluding carboxylic acids is 2. The average molecular weight is 487 g/mol. The number of benzene rings is 2. The molecule has 2 fully saturated rings. The van der Waals surface area contributed by atoms with Crippen LogP contribution >= 0.6 is 0 Å². The van der Waals surface area contributed by atoms with Crippen LogP contribution in [0.25, 0.3) is 0 Å². The Morgan fingerprint density at radius 2 is 1.68 bits per heavy atom. The average Bonchev–Trinajstić information content (AvgIpc) is 3.38. The summed E-state index contributed by atoms with van der Waals surface area (Å²) in [4.78, 5) is 26.9. The molecule has 182 valence electrons. The highest BCUT2D eigenvalue weighted by molar-refractivity contribution is 7.89. The molecule has 2 N–H and O–H groups in total. The summed E-state index contributed by atoms with van der Waals surface area (Å²) >= 11 is 0.